The van der Waals surface area contributed by atoms with Crippen LogP contribution in [-0.4, -0.2) is 38.9 Å². The lowest BCUT2D eigenvalue weighted by Crippen LogP contribution is -2.37. The second-order valence-electron chi connectivity index (χ2n) is 4.45. The first-order valence-corrected chi connectivity index (χ1v) is 8.12. The molecule has 1 N–H and O–H groups in total. The van der Waals surface area contributed by atoms with Gasteiger partial charge >= 0.3 is 0 Å². The maximum absolute atomic E-state index is 11.3. The maximum Gasteiger partial charge on any atom is 0.185 e. The number of hydrogen-bond acceptors (Lipinski definition) is 5. The van der Waals surface area contributed by atoms with Gasteiger partial charge in [0.15, 0.2) is 5.13 Å². The molecule has 0 aliphatic carbocycles. The monoisotopic (exact) mass is 274 g/mol. The second kappa shape index (κ2) is 5.46. The molecule has 1 aromatic rings. The van der Waals surface area contributed by atoms with Crippen molar-refractivity contribution in [2.45, 2.75) is 26.4 Å². The summed E-state index contributed by atoms with van der Waals surface area (Å²) in [4.78, 5) is 7.75. The third kappa shape index (κ3) is 2.86. The molecular weight excluding hydrogens is 256 g/mol. The standard InChI is InChI=1S/C11H18N2O2S2/c1-8(2)10-9(7-14)16-11(12-10)13-3-5-17(15)6-4-13/h8,14H,3-7H2,1-2H3. The molecule has 1 aliphatic rings. The van der Waals surface area contributed by atoms with Crippen molar-refractivity contribution in [2.24, 2.45) is 0 Å². The number of hydrogen-bond donors (Lipinski definition) is 1. The van der Waals surface area contributed by atoms with Gasteiger partial charge in [-0.15, -0.1) is 0 Å². The molecule has 1 aliphatic heterocycles. The molecule has 2 rings (SSSR count). The summed E-state index contributed by atoms with van der Waals surface area (Å²) in [7, 11) is -0.658. The lowest BCUT2D eigenvalue weighted by atomic mass is 10.1. The minimum Gasteiger partial charge on any atom is -0.391 e. The Morgan fingerprint density at radius 2 is 2.12 bits per heavy atom. The molecule has 0 atom stereocenters. The lowest BCUT2D eigenvalue weighted by Gasteiger charge is -2.25. The Morgan fingerprint density at radius 1 is 1.47 bits per heavy atom. The molecule has 0 bridgehead atoms. The van der Waals surface area contributed by atoms with Gasteiger partial charge < -0.3 is 10.0 Å². The van der Waals surface area contributed by atoms with Crippen LogP contribution in [0, 0.1) is 0 Å². The van der Waals surface area contributed by atoms with Gasteiger partial charge in [-0.05, 0) is 5.92 Å². The molecule has 6 heteroatoms. The van der Waals surface area contributed by atoms with Crippen molar-refractivity contribution in [1.82, 2.24) is 4.98 Å². The quantitative estimate of drug-likeness (QED) is 0.903. The molecule has 0 amide bonds. The summed E-state index contributed by atoms with van der Waals surface area (Å²) in [5.74, 6) is 1.79. The molecule has 0 saturated carbocycles. The first kappa shape index (κ1) is 13.0. The smallest absolute Gasteiger partial charge is 0.185 e. The van der Waals surface area contributed by atoms with Gasteiger partial charge in [0.1, 0.15) is 0 Å². The van der Waals surface area contributed by atoms with Crippen molar-refractivity contribution in [3.05, 3.63) is 10.6 Å². The Morgan fingerprint density at radius 3 is 2.59 bits per heavy atom. The zero-order valence-electron chi connectivity index (χ0n) is 10.2. The van der Waals surface area contributed by atoms with E-state index in [0.29, 0.717) is 5.92 Å². The fourth-order valence-electron chi connectivity index (χ4n) is 1.88. The number of nitrogens with zero attached hydrogens (tertiary/aromatic N) is 2. The number of rotatable bonds is 3. The Balaban J connectivity index is 2.18. The normalized spacial score (nSPS) is 18.0. The molecular formula is C11H18N2O2S2. The number of thiazole rings is 1. The van der Waals surface area contributed by atoms with Crippen LogP contribution in [-0.2, 0) is 17.4 Å². The molecule has 17 heavy (non-hydrogen) atoms. The molecule has 1 fully saturated rings. The molecule has 4 nitrogen and oxygen atoms in total. The van der Waals surface area contributed by atoms with E-state index >= 15 is 0 Å². The molecule has 0 radical (unpaired) electrons. The molecule has 2 heterocycles. The summed E-state index contributed by atoms with van der Waals surface area (Å²) in [6.07, 6.45) is 0. The zero-order chi connectivity index (χ0) is 12.4. The van der Waals surface area contributed by atoms with Gasteiger partial charge in [0.05, 0.1) is 17.2 Å². The van der Waals surface area contributed by atoms with Crippen LogP contribution in [0.1, 0.15) is 30.3 Å². The van der Waals surface area contributed by atoms with E-state index in [-0.39, 0.29) is 6.61 Å². The van der Waals surface area contributed by atoms with E-state index in [4.69, 9.17) is 0 Å². The lowest BCUT2D eigenvalue weighted by molar-refractivity contribution is 0.283. The van der Waals surface area contributed by atoms with Gasteiger partial charge in [0, 0.05) is 35.4 Å². The van der Waals surface area contributed by atoms with Gasteiger partial charge in [0.2, 0.25) is 0 Å². The highest BCUT2D eigenvalue weighted by Crippen LogP contribution is 2.31. The van der Waals surface area contributed by atoms with Crippen LogP contribution in [0.25, 0.3) is 0 Å². The Labute approximate surface area is 108 Å². The third-order valence-corrected chi connectivity index (χ3v) is 5.25. The first-order valence-electron chi connectivity index (χ1n) is 5.82. The SMILES string of the molecule is CC(C)c1nc(N2CCS(=O)CC2)sc1CO. The molecule has 1 saturated heterocycles. The zero-order valence-corrected chi connectivity index (χ0v) is 11.8. The molecule has 0 spiro atoms. The molecule has 96 valence electrons. The van der Waals surface area contributed by atoms with Gasteiger partial charge in [-0.2, -0.15) is 0 Å². The Kier molecular flexibility index (Phi) is 4.17. The fourth-order valence-corrected chi connectivity index (χ4v) is 4.06. The summed E-state index contributed by atoms with van der Waals surface area (Å²) >= 11 is 1.56. The minimum absolute atomic E-state index is 0.0605. The van der Waals surface area contributed by atoms with E-state index in [0.717, 1.165) is 40.3 Å². The number of aromatic nitrogens is 1. The van der Waals surface area contributed by atoms with Crippen LogP contribution >= 0.6 is 11.3 Å². The molecule has 0 unspecified atom stereocenters. The number of aliphatic hydroxyl groups excluding tert-OH is 1. The highest BCUT2D eigenvalue weighted by Gasteiger charge is 2.21. The van der Waals surface area contributed by atoms with Crippen LogP contribution in [0.2, 0.25) is 0 Å². The van der Waals surface area contributed by atoms with E-state index in [9.17, 15) is 9.32 Å². The van der Waals surface area contributed by atoms with Crippen LogP contribution in [0.3, 0.4) is 0 Å². The van der Waals surface area contributed by atoms with E-state index in [2.05, 4.69) is 23.7 Å². The average molecular weight is 274 g/mol. The van der Waals surface area contributed by atoms with Gasteiger partial charge in [-0.25, -0.2) is 4.98 Å². The largest absolute Gasteiger partial charge is 0.391 e. The third-order valence-electron chi connectivity index (χ3n) is 2.86. The fraction of sp³-hybridized carbons (Fsp3) is 0.727. The van der Waals surface area contributed by atoms with Crippen LogP contribution in [0.5, 0.6) is 0 Å². The number of anilines is 1. The second-order valence-corrected chi connectivity index (χ2v) is 7.21. The highest BCUT2D eigenvalue weighted by atomic mass is 32.2. The van der Waals surface area contributed by atoms with E-state index in [1.165, 1.54) is 0 Å². The van der Waals surface area contributed by atoms with Crippen LogP contribution < -0.4 is 4.90 Å². The van der Waals surface area contributed by atoms with Gasteiger partial charge in [0.25, 0.3) is 0 Å². The predicted octanol–water partition coefficient (Wildman–Crippen LogP) is 1.33. The summed E-state index contributed by atoms with van der Waals surface area (Å²) < 4.78 is 11.3. The summed E-state index contributed by atoms with van der Waals surface area (Å²) in [6.45, 7) is 5.85. The van der Waals surface area contributed by atoms with E-state index in [1.54, 1.807) is 11.3 Å². The van der Waals surface area contributed by atoms with Gasteiger partial charge in [-0.3, -0.25) is 4.21 Å². The van der Waals surface area contributed by atoms with E-state index in [1.807, 2.05) is 0 Å². The van der Waals surface area contributed by atoms with Crippen LogP contribution in [0.15, 0.2) is 0 Å². The van der Waals surface area contributed by atoms with Crippen molar-refractivity contribution in [2.75, 3.05) is 29.5 Å². The maximum atomic E-state index is 11.3. The van der Waals surface area contributed by atoms with Crippen LogP contribution in [0.4, 0.5) is 5.13 Å². The molecule has 1 aromatic heterocycles. The topological polar surface area (TPSA) is 53.4 Å². The van der Waals surface area contributed by atoms with Gasteiger partial charge in [-0.1, -0.05) is 25.2 Å². The summed E-state index contributed by atoms with van der Waals surface area (Å²) in [5, 5.41) is 10.3. The minimum atomic E-state index is -0.658. The van der Waals surface area contributed by atoms with Crippen molar-refractivity contribution in [3.8, 4) is 0 Å². The van der Waals surface area contributed by atoms with Crippen molar-refractivity contribution >= 4 is 27.3 Å². The molecule has 0 aromatic carbocycles. The van der Waals surface area contributed by atoms with E-state index < -0.39 is 10.8 Å². The predicted molar refractivity (Wildman–Crippen MR) is 72.2 cm³/mol. The summed E-state index contributed by atoms with van der Waals surface area (Å²) in [6, 6.07) is 0. The Hall–Kier alpha value is -0.460. The Bertz CT molecular complexity index is 408. The number of aliphatic hydroxyl groups is 1. The van der Waals surface area contributed by atoms with Crippen molar-refractivity contribution in [1.29, 1.82) is 0 Å². The summed E-state index contributed by atoms with van der Waals surface area (Å²) in [5.41, 5.74) is 0.999. The van der Waals surface area contributed by atoms with Crippen molar-refractivity contribution < 1.29 is 9.32 Å². The first-order chi connectivity index (χ1) is 8.11. The highest BCUT2D eigenvalue weighted by molar-refractivity contribution is 7.85. The average Bonchev–Trinajstić information content (AvgIpc) is 2.74. The van der Waals surface area contributed by atoms with Crippen molar-refractivity contribution in [3.63, 3.8) is 0 Å².